The third-order valence-electron chi connectivity index (χ3n) is 1.99. The lowest BCUT2D eigenvalue weighted by molar-refractivity contribution is 0.622. The third kappa shape index (κ3) is 1.20. The van der Waals surface area contributed by atoms with Crippen molar-refractivity contribution in [2.45, 2.75) is 13.8 Å². The summed E-state index contributed by atoms with van der Waals surface area (Å²) in [7, 11) is 0. The maximum absolute atomic E-state index is 13.2. The van der Waals surface area contributed by atoms with Crippen molar-refractivity contribution in [2.75, 3.05) is 5.73 Å². The molecule has 0 bridgehead atoms. The summed E-state index contributed by atoms with van der Waals surface area (Å²) in [6.07, 6.45) is 1.65. The molecule has 64 valence electrons. The highest BCUT2D eigenvalue weighted by Gasteiger charge is 2.07. The minimum absolute atomic E-state index is 0.204. The van der Waals surface area contributed by atoms with Gasteiger partial charge in [-0.15, -0.1) is 0 Å². The number of nitrogen functional groups attached to an aromatic ring is 1. The van der Waals surface area contributed by atoms with Crippen molar-refractivity contribution >= 4 is 11.8 Å². The Balaban J connectivity index is 3.51. The van der Waals surface area contributed by atoms with E-state index in [1.54, 1.807) is 19.1 Å². The van der Waals surface area contributed by atoms with Crippen LogP contribution in [-0.2, 0) is 0 Å². The van der Waals surface area contributed by atoms with Gasteiger partial charge in [0.2, 0.25) is 0 Å². The van der Waals surface area contributed by atoms with Crippen LogP contribution in [0.4, 0.5) is 10.1 Å². The monoisotopic (exact) mass is 165 g/mol. The number of nitrogens with two attached hydrogens (primary N) is 1. The molecule has 0 amide bonds. The summed E-state index contributed by atoms with van der Waals surface area (Å²) in [5.41, 5.74) is 8.01. The largest absolute Gasteiger partial charge is 0.396 e. The normalized spacial score (nSPS) is 9.92. The van der Waals surface area contributed by atoms with Crippen molar-refractivity contribution < 1.29 is 4.39 Å². The smallest absolute Gasteiger partial charge is 0.149 e. The molecule has 1 rings (SSSR count). The van der Waals surface area contributed by atoms with E-state index in [1.165, 1.54) is 0 Å². The lowest BCUT2D eigenvalue weighted by Gasteiger charge is -2.08. The van der Waals surface area contributed by atoms with E-state index in [2.05, 4.69) is 6.58 Å². The topological polar surface area (TPSA) is 26.0 Å². The molecule has 0 saturated heterocycles. The lowest BCUT2D eigenvalue weighted by atomic mass is 10.0. The molecule has 2 heteroatoms. The summed E-state index contributed by atoms with van der Waals surface area (Å²) in [5, 5.41) is 0. The molecule has 0 spiro atoms. The lowest BCUT2D eigenvalue weighted by Crippen LogP contribution is -1.98. The Bertz CT molecular complexity index is 329. The maximum atomic E-state index is 13.2. The van der Waals surface area contributed by atoms with Crippen LogP contribution in [0, 0.1) is 19.7 Å². The van der Waals surface area contributed by atoms with Gasteiger partial charge in [0.15, 0.2) is 0 Å². The molecular formula is C10H12FN. The summed E-state index contributed by atoms with van der Waals surface area (Å²) >= 11 is 0. The molecule has 0 heterocycles. The van der Waals surface area contributed by atoms with Crippen molar-refractivity contribution in [3.05, 3.63) is 35.2 Å². The van der Waals surface area contributed by atoms with Crippen LogP contribution in [0.15, 0.2) is 12.6 Å². The van der Waals surface area contributed by atoms with E-state index in [0.29, 0.717) is 5.56 Å². The van der Waals surface area contributed by atoms with Gasteiger partial charge in [-0.3, -0.25) is 0 Å². The van der Waals surface area contributed by atoms with E-state index in [1.807, 2.05) is 6.92 Å². The molecule has 0 aliphatic rings. The molecule has 1 nitrogen and oxygen atoms in total. The first-order valence-electron chi connectivity index (χ1n) is 3.75. The van der Waals surface area contributed by atoms with Crippen LogP contribution < -0.4 is 5.73 Å². The minimum Gasteiger partial charge on any atom is -0.396 e. The minimum atomic E-state index is -0.338. The Morgan fingerprint density at radius 2 is 2.08 bits per heavy atom. The number of hydrogen-bond donors (Lipinski definition) is 1. The maximum Gasteiger partial charge on any atom is 0.149 e. The fraction of sp³-hybridized carbons (Fsp3) is 0.200. The highest BCUT2D eigenvalue weighted by Crippen LogP contribution is 2.23. The second-order valence-corrected chi connectivity index (χ2v) is 2.84. The zero-order valence-electron chi connectivity index (χ0n) is 7.32. The molecule has 0 saturated carbocycles. The average Bonchev–Trinajstić information content (AvgIpc) is 2.01. The van der Waals surface area contributed by atoms with Crippen LogP contribution in [0.25, 0.3) is 6.08 Å². The second-order valence-electron chi connectivity index (χ2n) is 2.84. The predicted octanol–water partition coefficient (Wildman–Crippen LogP) is 2.67. The first kappa shape index (κ1) is 8.78. The van der Waals surface area contributed by atoms with Gasteiger partial charge in [0, 0.05) is 0 Å². The van der Waals surface area contributed by atoms with Crippen molar-refractivity contribution in [2.24, 2.45) is 0 Å². The molecule has 1 aromatic carbocycles. The summed E-state index contributed by atoms with van der Waals surface area (Å²) in [6.45, 7) is 7.21. The van der Waals surface area contributed by atoms with Crippen molar-refractivity contribution in [1.82, 2.24) is 0 Å². The van der Waals surface area contributed by atoms with Crippen LogP contribution in [-0.4, -0.2) is 0 Å². The Kier molecular flexibility index (Phi) is 2.18. The van der Waals surface area contributed by atoms with Crippen LogP contribution in [0.1, 0.15) is 16.7 Å². The second kappa shape index (κ2) is 2.97. The van der Waals surface area contributed by atoms with Gasteiger partial charge < -0.3 is 5.73 Å². The van der Waals surface area contributed by atoms with Gasteiger partial charge in [0.05, 0.1) is 5.69 Å². The number of rotatable bonds is 1. The van der Waals surface area contributed by atoms with E-state index in [4.69, 9.17) is 5.73 Å². The van der Waals surface area contributed by atoms with E-state index < -0.39 is 0 Å². The number of benzene rings is 1. The van der Waals surface area contributed by atoms with Crippen LogP contribution >= 0.6 is 0 Å². The van der Waals surface area contributed by atoms with Gasteiger partial charge in [-0.25, -0.2) is 4.39 Å². The van der Waals surface area contributed by atoms with E-state index in [9.17, 15) is 4.39 Å². The quantitative estimate of drug-likeness (QED) is 0.636. The number of anilines is 1. The number of halogens is 1. The third-order valence-corrected chi connectivity index (χ3v) is 1.99. The van der Waals surface area contributed by atoms with Crippen LogP contribution in [0.2, 0.25) is 0 Å². The summed E-state index contributed by atoms with van der Waals surface area (Å²) in [4.78, 5) is 0. The van der Waals surface area contributed by atoms with E-state index in [-0.39, 0.29) is 11.5 Å². The fourth-order valence-corrected chi connectivity index (χ4v) is 1.32. The Morgan fingerprint density at radius 1 is 1.50 bits per heavy atom. The van der Waals surface area contributed by atoms with E-state index in [0.717, 1.165) is 11.1 Å². The number of hydrogen-bond acceptors (Lipinski definition) is 1. The zero-order chi connectivity index (χ0) is 9.30. The van der Waals surface area contributed by atoms with Crippen LogP contribution in [0.5, 0.6) is 0 Å². The average molecular weight is 165 g/mol. The molecule has 0 aliphatic carbocycles. The molecule has 0 unspecified atom stereocenters. The van der Waals surface area contributed by atoms with Crippen molar-refractivity contribution in [1.29, 1.82) is 0 Å². The summed E-state index contributed by atoms with van der Waals surface area (Å²) < 4.78 is 13.2. The molecule has 0 radical (unpaired) electrons. The van der Waals surface area contributed by atoms with E-state index >= 15 is 0 Å². The Hall–Kier alpha value is -1.31. The predicted molar refractivity (Wildman–Crippen MR) is 50.4 cm³/mol. The summed E-state index contributed by atoms with van der Waals surface area (Å²) in [5.74, 6) is -0.338. The highest BCUT2D eigenvalue weighted by molar-refractivity contribution is 5.61. The molecular weight excluding hydrogens is 153 g/mol. The SMILES string of the molecule is C=Cc1c(C)cc(N)c(F)c1C. The molecule has 0 aromatic heterocycles. The Labute approximate surface area is 71.7 Å². The standard InChI is InChI=1S/C10H12FN/c1-4-8-6(2)5-9(12)10(11)7(8)3/h4-5H,1,12H2,2-3H3. The molecule has 12 heavy (non-hydrogen) atoms. The van der Waals surface area contributed by atoms with Crippen LogP contribution in [0.3, 0.4) is 0 Å². The van der Waals surface area contributed by atoms with Gasteiger partial charge in [-0.05, 0) is 36.6 Å². The molecule has 0 fully saturated rings. The first-order valence-corrected chi connectivity index (χ1v) is 3.75. The van der Waals surface area contributed by atoms with Gasteiger partial charge in [0.1, 0.15) is 5.82 Å². The first-order chi connectivity index (χ1) is 5.57. The van der Waals surface area contributed by atoms with Crippen molar-refractivity contribution in [3.8, 4) is 0 Å². The molecule has 0 aliphatic heterocycles. The summed E-state index contributed by atoms with van der Waals surface area (Å²) in [6, 6.07) is 1.62. The van der Waals surface area contributed by atoms with Gasteiger partial charge in [-0.1, -0.05) is 12.7 Å². The fourth-order valence-electron chi connectivity index (χ4n) is 1.32. The molecule has 1 aromatic rings. The van der Waals surface area contributed by atoms with Gasteiger partial charge >= 0.3 is 0 Å². The van der Waals surface area contributed by atoms with Gasteiger partial charge in [0.25, 0.3) is 0 Å². The molecule has 0 atom stereocenters. The zero-order valence-corrected chi connectivity index (χ0v) is 7.32. The van der Waals surface area contributed by atoms with Crippen molar-refractivity contribution in [3.63, 3.8) is 0 Å². The van der Waals surface area contributed by atoms with Gasteiger partial charge in [-0.2, -0.15) is 0 Å². The highest BCUT2D eigenvalue weighted by atomic mass is 19.1. The molecule has 2 N–H and O–H groups in total. The number of aryl methyl sites for hydroxylation is 1. The Morgan fingerprint density at radius 3 is 2.58 bits per heavy atom.